The fourth-order valence-electron chi connectivity index (χ4n) is 3.24. The molecule has 0 amide bonds. The molecule has 1 aromatic carbocycles. The largest absolute Gasteiger partial charge is 0.379 e. The van der Waals surface area contributed by atoms with Crippen LogP contribution in [0.1, 0.15) is 18.4 Å². The molecule has 2 heterocycles. The summed E-state index contributed by atoms with van der Waals surface area (Å²) in [5, 5.41) is 0. The highest BCUT2D eigenvalue weighted by Crippen LogP contribution is 2.41. The van der Waals surface area contributed by atoms with Crippen molar-refractivity contribution in [3.8, 4) is 0 Å². The third kappa shape index (κ3) is 2.31. The number of hydrogen-bond acceptors (Lipinski definition) is 3. The first-order chi connectivity index (χ1) is 8.92. The van der Waals surface area contributed by atoms with Crippen molar-refractivity contribution in [2.75, 3.05) is 37.8 Å². The number of ether oxygens (including phenoxy) is 1. The summed E-state index contributed by atoms with van der Waals surface area (Å²) >= 11 is 2.10. The van der Waals surface area contributed by atoms with E-state index in [0.29, 0.717) is 0 Å². The van der Waals surface area contributed by atoms with Crippen molar-refractivity contribution >= 4 is 11.8 Å². The topological polar surface area (TPSA) is 12.5 Å². The Kier molecular flexibility index (Phi) is 3.92. The van der Waals surface area contributed by atoms with Gasteiger partial charge in [-0.05, 0) is 29.9 Å². The van der Waals surface area contributed by atoms with Gasteiger partial charge in [-0.25, -0.2) is 0 Å². The molecule has 2 aliphatic heterocycles. The van der Waals surface area contributed by atoms with Crippen molar-refractivity contribution in [3.05, 3.63) is 35.9 Å². The molecule has 3 heteroatoms. The molecule has 0 bridgehead atoms. The second kappa shape index (κ2) is 5.64. The van der Waals surface area contributed by atoms with Gasteiger partial charge >= 0.3 is 0 Å². The van der Waals surface area contributed by atoms with Gasteiger partial charge in [0.2, 0.25) is 0 Å². The molecule has 0 N–H and O–H groups in total. The zero-order valence-electron chi connectivity index (χ0n) is 10.8. The van der Waals surface area contributed by atoms with Crippen LogP contribution in [0.3, 0.4) is 0 Å². The number of morpholine rings is 1. The van der Waals surface area contributed by atoms with E-state index in [0.717, 1.165) is 26.3 Å². The number of thioether (sulfide) groups is 1. The van der Waals surface area contributed by atoms with Crippen molar-refractivity contribution < 1.29 is 4.74 Å². The van der Waals surface area contributed by atoms with Crippen LogP contribution in [0.5, 0.6) is 0 Å². The molecule has 2 aliphatic rings. The molecule has 3 rings (SSSR count). The van der Waals surface area contributed by atoms with E-state index in [1.807, 2.05) is 0 Å². The Morgan fingerprint density at radius 2 is 1.67 bits per heavy atom. The van der Waals surface area contributed by atoms with Gasteiger partial charge in [0.05, 0.1) is 13.2 Å². The molecule has 0 radical (unpaired) electrons. The molecule has 98 valence electrons. The molecular weight excluding hydrogens is 242 g/mol. The molecule has 0 spiro atoms. The highest BCUT2D eigenvalue weighted by molar-refractivity contribution is 7.99. The molecule has 18 heavy (non-hydrogen) atoms. The standard InChI is InChI=1S/C15H21NOS/c1-2-4-14(5-3-1)15(6-12-18-13-7-15)16-8-10-17-11-9-16/h1-5H,6-13H2. The second-order valence-corrected chi connectivity index (χ2v) is 6.33. The van der Waals surface area contributed by atoms with Crippen molar-refractivity contribution in [2.24, 2.45) is 0 Å². The van der Waals surface area contributed by atoms with Crippen LogP contribution >= 0.6 is 11.8 Å². The predicted octanol–water partition coefficient (Wildman–Crippen LogP) is 2.74. The van der Waals surface area contributed by atoms with Crippen molar-refractivity contribution in [3.63, 3.8) is 0 Å². The van der Waals surface area contributed by atoms with Gasteiger partial charge in [0.1, 0.15) is 0 Å². The van der Waals surface area contributed by atoms with Crippen LogP contribution < -0.4 is 0 Å². The van der Waals surface area contributed by atoms with Crippen LogP contribution in [-0.4, -0.2) is 42.7 Å². The van der Waals surface area contributed by atoms with E-state index in [9.17, 15) is 0 Å². The molecule has 0 aliphatic carbocycles. The smallest absolute Gasteiger partial charge is 0.0594 e. The molecule has 0 saturated carbocycles. The second-order valence-electron chi connectivity index (χ2n) is 5.11. The normalized spacial score (nSPS) is 24.9. The first-order valence-corrected chi connectivity index (χ1v) is 8.03. The molecule has 1 aromatic rings. The lowest BCUT2D eigenvalue weighted by Gasteiger charge is -2.48. The summed E-state index contributed by atoms with van der Waals surface area (Å²) in [7, 11) is 0. The van der Waals surface area contributed by atoms with Gasteiger partial charge in [-0.3, -0.25) is 4.90 Å². The highest BCUT2D eigenvalue weighted by atomic mass is 32.2. The number of benzene rings is 1. The van der Waals surface area contributed by atoms with Crippen molar-refractivity contribution in [1.82, 2.24) is 4.90 Å². The van der Waals surface area contributed by atoms with Gasteiger partial charge in [0.15, 0.2) is 0 Å². The van der Waals surface area contributed by atoms with E-state index < -0.39 is 0 Å². The van der Waals surface area contributed by atoms with Gasteiger partial charge in [-0.1, -0.05) is 30.3 Å². The summed E-state index contributed by atoms with van der Waals surface area (Å²) in [4.78, 5) is 2.67. The third-order valence-corrected chi connectivity index (χ3v) is 5.23. The summed E-state index contributed by atoms with van der Waals surface area (Å²) < 4.78 is 5.52. The monoisotopic (exact) mass is 263 g/mol. The number of hydrogen-bond donors (Lipinski definition) is 0. The van der Waals surface area contributed by atoms with E-state index in [1.165, 1.54) is 29.9 Å². The molecule has 2 fully saturated rings. The molecule has 0 aromatic heterocycles. The third-order valence-electron chi connectivity index (χ3n) is 4.25. The van der Waals surface area contributed by atoms with Crippen LogP contribution in [0.25, 0.3) is 0 Å². The summed E-state index contributed by atoms with van der Waals surface area (Å²) in [6.07, 6.45) is 2.56. The zero-order valence-corrected chi connectivity index (χ0v) is 11.6. The average Bonchev–Trinajstić information content (AvgIpc) is 2.50. The van der Waals surface area contributed by atoms with Crippen LogP contribution in [0, 0.1) is 0 Å². The number of rotatable bonds is 2. The number of nitrogens with zero attached hydrogens (tertiary/aromatic N) is 1. The van der Waals surface area contributed by atoms with Crippen molar-refractivity contribution in [2.45, 2.75) is 18.4 Å². The Balaban J connectivity index is 1.92. The Hall–Kier alpha value is -0.510. The zero-order chi connectivity index (χ0) is 12.3. The van der Waals surface area contributed by atoms with Gasteiger partial charge in [0.25, 0.3) is 0 Å². The summed E-state index contributed by atoms with van der Waals surface area (Å²) in [5.74, 6) is 2.57. The lowest BCUT2D eigenvalue weighted by Crippen LogP contribution is -2.53. The summed E-state index contributed by atoms with van der Waals surface area (Å²) in [6.45, 7) is 3.95. The quantitative estimate of drug-likeness (QED) is 0.814. The highest BCUT2D eigenvalue weighted by Gasteiger charge is 2.40. The van der Waals surface area contributed by atoms with Crippen LogP contribution in [0.2, 0.25) is 0 Å². The minimum Gasteiger partial charge on any atom is -0.379 e. The van der Waals surface area contributed by atoms with E-state index in [2.05, 4.69) is 47.0 Å². The van der Waals surface area contributed by atoms with Gasteiger partial charge in [-0.2, -0.15) is 11.8 Å². The first-order valence-electron chi connectivity index (χ1n) is 6.88. The van der Waals surface area contributed by atoms with Gasteiger partial charge in [0, 0.05) is 18.6 Å². The molecule has 2 nitrogen and oxygen atoms in total. The minimum absolute atomic E-state index is 0.274. The maximum absolute atomic E-state index is 5.52. The maximum Gasteiger partial charge on any atom is 0.0594 e. The average molecular weight is 263 g/mol. The SMILES string of the molecule is c1ccc(C2(N3CCOCC3)CCSCC2)cc1. The van der Waals surface area contributed by atoms with Crippen LogP contribution in [0.4, 0.5) is 0 Å². The molecule has 0 unspecified atom stereocenters. The van der Waals surface area contributed by atoms with Gasteiger partial charge in [-0.15, -0.1) is 0 Å². The first kappa shape index (κ1) is 12.5. The fourth-order valence-corrected chi connectivity index (χ4v) is 4.40. The van der Waals surface area contributed by atoms with E-state index in [-0.39, 0.29) is 5.54 Å². The molecule has 2 saturated heterocycles. The van der Waals surface area contributed by atoms with E-state index in [1.54, 1.807) is 0 Å². The Morgan fingerprint density at radius 1 is 1.00 bits per heavy atom. The molecular formula is C15H21NOS. The predicted molar refractivity (Wildman–Crippen MR) is 77.1 cm³/mol. The van der Waals surface area contributed by atoms with Crippen LogP contribution in [-0.2, 0) is 10.3 Å². The Labute approximate surface area is 114 Å². The lowest BCUT2D eigenvalue weighted by atomic mass is 9.82. The van der Waals surface area contributed by atoms with E-state index >= 15 is 0 Å². The van der Waals surface area contributed by atoms with Crippen molar-refractivity contribution in [1.29, 1.82) is 0 Å². The molecule has 0 atom stereocenters. The Bertz CT molecular complexity index is 369. The Morgan fingerprint density at radius 3 is 2.33 bits per heavy atom. The summed E-state index contributed by atoms with van der Waals surface area (Å²) in [5.41, 5.74) is 1.78. The maximum atomic E-state index is 5.52. The lowest BCUT2D eigenvalue weighted by molar-refractivity contribution is -0.0291. The fraction of sp³-hybridized carbons (Fsp3) is 0.600. The minimum atomic E-state index is 0.274. The van der Waals surface area contributed by atoms with Crippen LogP contribution in [0.15, 0.2) is 30.3 Å². The van der Waals surface area contributed by atoms with Gasteiger partial charge < -0.3 is 4.74 Å². The summed E-state index contributed by atoms with van der Waals surface area (Å²) in [6, 6.07) is 11.1. The van der Waals surface area contributed by atoms with E-state index in [4.69, 9.17) is 4.74 Å².